The van der Waals surface area contributed by atoms with Crippen LogP contribution in [0.25, 0.3) is 11.1 Å². The van der Waals surface area contributed by atoms with Crippen molar-refractivity contribution in [3.8, 4) is 11.1 Å². The molecule has 2 aromatic carbocycles. The molecule has 0 radical (unpaired) electrons. The van der Waals surface area contributed by atoms with Gasteiger partial charge in [0.05, 0.1) is 0 Å². The Labute approximate surface area is 147 Å². The summed E-state index contributed by atoms with van der Waals surface area (Å²) in [5, 5.41) is 0. The summed E-state index contributed by atoms with van der Waals surface area (Å²) in [6.07, 6.45) is -0.810. The van der Waals surface area contributed by atoms with Gasteiger partial charge in [0.2, 0.25) is 0 Å². The molecule has 0 saturated carbocycles. The van der Waals surface area contributed by atoms with Crippen LogP contribution >= 0.6 is 0 Å². The van der Waals surface area contributed by atoms with Crippen LogP contribution in [-0.2, 0) is 6.32 Å². The predicted octanol–water partition coefficient (Wildman–Crippen LogP) is 1.29. The average molecular weight is 274 g/mol. The van der Waals surface area contributed by atoms with Gasteiger partial charge in [0.25, 0.3) is 0 Å². The van der Waals surface area contributed by atoms with E-state index in [0.717, 1.165) is 11.1 Å². The van der Waals surface area contributed by atoms with Crippen LogP contribution in [0.5, 0.6) is 0 Å². The first-order valence-electron chi connectivity index (χ1n) is 5.40. The van der Waals surface area contributed by atoms with Gasteiger partial charge in [-0.3, -0.25) is 0 Å². The number of hydrogen-bond donors (Lipinski definition) is 0. The van der Waals surface area contributed by atoms with Crippen molar-refractivity contribution in [3.05, 3.63) is 60.2 Å². The molecule has 18 heavy (non-hydrogen) atoms. The van der Waals surface area contributed by atoms with Gasteiger partial charge in [-0.2, -0.15) is 0 Å². The van der Waals surface area contributed by atoms with Gasteiger partial charge in [-0.15, -0.1) is 0 Å². The molecule has 5 heteroatoms. The Morgan fingerprint density at radius 1 is 0.722 bits per heavy atom. The van der Waals surface area contributed by atoms with E-state index in [-0.39, 0.29) is 51.4 Å². The third-order valence-corrected chi connectivity index (χ3v) is 2.53. The maximum Gasteiger partial charge on any atom is 1.00 e. The minimum absolute atomic E-state index is 0. The van der Waals surface area contributed by atoms with Crippen LogP contribution in [0.15, 0.2) is 54.6 Å². The Hall–Kier alpha value is -0.0687. The van der Waals surface area contributed by atoms with Crippen molar-refractivity contribution in [2.75, 3.05) is 0 Å². The Morgan fingerprint density at radius 2 is 1.22 bits per heavy atom. The SMILES string of the molecule is F[B-](F)(F)Cc1ccc(-c2ccccc2)cc1.[K+]. The monoisotopic (exact) mass is 274 g/mol. The largest absolute Gasteiger partial charge is 1.00 e. The molecule has 0 aliphatic carbocycles. The fourth-order valence-electron chi connectivity index (χ4n) is 1.73. The minimum Gasteiger partial charge on any atom is -0.449 e. The molecule has 0 spiro atoms. The van der Waals surface area contributed by atoms with E-state index in [2.05, 4.69) is 0 Å². The fraction of sp³-hybridized carbons (Fsp3) is 0.0769. The molecule has 2 aromatic rings. The molecule has 0 bridgehead atoms. The first-order valence-corrected chi connectivity index (χ1v) is 5.40. The second kappa shape index (κ2) is 6.91. The Morgan fingerprint density at radius 3 is 1.72 bits per heavy atom. The Kier molecular flexibility index (Phi) is 6.14. The van der Waals surface area contributed by atoms with Gasteiger partial charge in [-0.05, 0) is 11.1 Å². The Balaban J connectivity index is 0.00000162. The molecule has 2 rings (SSSR count). The van der Waals surface area contributed by atoms with Crippen molar-refractivity contribution < 1.29 is 64.3 Å². The van der Waals surface area contributed by atoms with E-state index in [1.165, 1.54) is 12.1 Å². The van der Waals surface area contributed by atoms with Gasteiger partial charge >= 0.3 is 58.4 Å². The molecule has 0 nitrogen and oxygen atoms in total. The standard InChI is InChI=1S/C13H11BF3.K/c15-14(16,17)10-11-6-8-13(9-7-11)12-4-2-1-3-5-12;/h1-9H,10H2;/q-1;+1. The molecular weight excluding hydrogens is 263 g/mol. The second-order valence-electron chi connectivity index (χ2n) is 3.98. The summed E-state index contributed by atoms with van der Waals surface area (Å²) in [6.45, 7) is -4.75. The van der Waals surface area contributed by atoms with E-state index < -0.39 is 13.3 Å². The van der Waals surface area contributed by atoms with Crippen LogP contribution < -0.4 is 51.4 Å². The zero-order valence-corrected chi connectivity index (χ0v) is 13.2. The van der Waals surface area contributed by atoms with Crippen LogP contribution in [-0.4, -0.2) is 6.98 Å². The zero-order valence-electron chi connectivity index (χ0n) is 10.1. The van der Waals surface area contributed by atoms with Crippen molar-refractivity contribution in [1.82, 2.24) is 0 Å². The van der Waals surface area contributed by atoms with Gasteiger partial charge in [0.15, 0.2) is 0 Å². The van der Waals surface area contributed by atoms with Crippen LogP contribution in [0, 0.1) is 0 Å². The first kappa shape index (κ1) is 16.0. The molecule has 0 aliphatic rings. The summed E-state index contributed by atoms with van der Waals surface area (Å²) in [4.78, 5) is 0. The van der Waals surface area contributed by atoms with Crippen LogP contribution in [0.4, 0.5) is 12.9 Å². The predicted molar refractivity (Wildman–Crippen MR) is 64.7 cm³/mol. The van der Waals surface area contributed by atoms with Crippen molar-refractivity contribution in [2.24, 2.45) is 0 Å². The number of benzene rings is 2. The molecule has 0 aliphatic heterocycles. The van der Waals surface area contributed by atoms with Crippen LogP contribution in [0.2, 0.25) is 0 Å². The molecule has 0 amide bonds. The molecule has 0 atom stereocenters. The summed E-state index contributed by atoms with van der Waals surface area (Å²) in [7, 11) is 0. The average Bonchev–Trinajstić information content (AvgIpc) is 2.29. The topological polar surface area (TPSA) is 0 Å². The van der Waals surface area contributed by atoms with E-state index in [4.69, 9.17) is 0 Å². The third kappa shape index (κ3) is 4.90. The molecule has 0 unspecified atom stereocenters. The summed E-state index contributed by atoms with van der Waals surface area (Å²) in [5.74, 6) is 0. The number of rotatable bonds is 3. The van der Waals surface area contributed by atoms with E-state index in [9.17, 15) is 12.9 Å². The normalized spacial score (nSPS) is 10.8. The van der Waals surface area contributed by atoms with Gasteiger partial charge in [-0.25, -0.2) is 0 Å². The van der Waals surface area contributed by atoms with E-state index in [1.54, 1.807) is 12.1 Å². The maximum atomic E-state index is 12.2. The van der Waals surface area contributed by atoms with Gasteiger partial charge < -0.3 is 12.9 Å². The van der Waals surface area contributed by atoms with E-state index >= 15 is 0 Å². The quantitative estimate of drug-likeness (QED) is 0.740. The molecule has 88 valence electrons. The van der Waals surface area contributed by atoms with Gasteiger partial charge in [-0.1, -0.05) is 66.5 Å². The van der Waals surface area contributed by atoms with Crippen LogP contribution in [0.3, 0.4) is 0 Å². The molecule has 0 heterocycles. The van der Waals surface area contributed by atoms with Gasteiger partial charge in [0, 0.05) is 0 Å². The maximum absolute atomic E-state index is 12.2. The summed E-state index contributed by atoms with van der Waals surface area (Å²) in [6, 6.07) is 16.1. The van der Waals surface area contributed by atoms with Crippen LogP contribution in [0.1, 0.15) is 5.56 Å². The third-order valence-electron chi connectivity index (χ3n) is 2.53. The fourth-order valence-corrected chi connectivity index (χ4v) is 1.73. The molecule has 0 aromatic heterocycles. The van der Waals surface area contributed by atoms with Gasteiger partial charge in [0.1, 0.15) is 0 Å². The molecule has 0 saturated heterocycles. The second-order valence-corrected chi connectivity index (χ2v) is 3.98. The molecule has 0 fully saturated rings. The van der Waals surface area contributed by atoms with Crippen molar-refractivity contribution in [2.45, 2.75) is 6.32 Å². The smallest absolute Gasteiger partial charge is 0.449 e. The van der Waals surface area contributed by atoms with Crippen molar-refractivity contribution in [3.63, 3.8) is 0 Å². The number of halogens is 3. The van der Waals surface area contributed by atoms with Crippen molar-refractivity contribution >= 4 is 6.98 Å². The summed E-state index contributed by atoms with van der Waals surface area (Å²) >= 11 is 0. The Bertz CT molecular complexity index is 480. The first-order chi connectivity index (χ1) is 8.04. The summed E-state index contributed by atoms with van der Waals surface area (Å²) < 4.78 is 36.7. The molecular formula is C13H11BF3K. The summed E-state index contributed by atoms with van der Waals surface area (Å²) in [5.41, 5.74) is 2.26. The molecule has 0 N–H and O–H groups in total. The van der Waals surface area contributed by atoms with Crippen molar-refractivity contribution in [1.29, 1.82) is 0 Å². The van der Waals surface area contributed by atoms with E-state index in [1.807, 2.05) is 30.3 Å². The minimum atomic E-state index is -4.75. The number of hydrogen-bond acceptors (Lipinski definition) is 0. The zero-order chi connectivity index (χ0) is 12.3. The van der Waals surface area contributed by atoms with E-state index in [0.29, 0.717) is 5.56 Å².